The quantitative estimate of drug-likeness (QED) is 0.867. The van der Waals surface area contributed by atoms with Gasteiger partial charge in [0.2, 0.25) is 5.91 Å². The summed E-state index contributed by atoms with van der Waals surface area (Å²) in [6.45, 7) is 0.647. The molecule has 2 heterocycles. The molecule has 116 valence electrons. The van der Waals surface area contributed by atoms with Crippen molar-refractivity contribution in [1.29, 1.82) is 0 Å². The van der Waals surface area contributed by atoms with Gasteiger partial charge in [-0.2, -0.15) is 0 Å². The average Bonchev–Trinajstić information content (AvgIpc) is 2.54. The molecule has 1 amide bonds. The van der Waals surface area contributed by atoms with Crippen molar-refractivity contribution < 1.29 is 14.3 Å². The zero-order valence-corrected chi connectivity index (χ0v) is 12.8. The Labute approximate surface area is 130 Å². The van der Waals surface area contributed by atoms with E-state index < -0.39 is 0 Å². The van der Waals surface area contributed by atoms with Crippen LogP contribution in [-0.4, -0.2) is 19.6 Å². The molecule has 0 saturated heterocycles. The SMILES string of the molecule is COc1ccc2cc1OC1=CCC(C=C1)CCC(=O)NCC2. The fraction of sp³-hybridized carbons (Fsp3) is 0.389. The normalized spacial score (nSPS) is 21.4. The van der Waals surface area contributed by atoms with E-state index in [1.54, 1.807) is 7.11 Å². The molecule has 0 spiro atoms. The summed E-state index contributed by atoms with van der Waals surface area (Å²) in [6.07, 6.45) is 9.34. The second-order valence-electron chi connectivity index (χ2n) is 5.69. The summed E-state index contributed by atoms with van der Waals surface area (Å²) >= 11 is 0. The smallest absolute Gasteiger partial charge is 0.220 e. The standard InChI is InChI=1S/C18H21NO3/c1-21-16-8-4-14-10-11-19-18(20)9-5-13-2-6-15(7-3-13)22-17(16)12-14/h2,4,6-8,12-13H,3,5,9-11H2,1H3,(H,19,20). The molecule has 4 heteroatoms. The topological polar surface area (TPSA) is 47.6 Å². The molecule has 3 aliphatic rings. The minimum atomic E-state index is 0.130. The molecule has 4 nitrogen and oxygen atoms in total. The zero-order valence-electron chi connectivity index (χ0n) is 12.8. The van der Waals surface area contributed by atoms with Gasteiger partial charge >= 0.3 is 0 Å². The number of rotatable bonds is 1. The van der Waals surface area contributed by atoms with Crippen molar-refractivity contribution in [2.45, 2.75) is 25.7 Å². The zero-order chi connectivity index (χ0) is 15.4. The van der Waals surface area contributed by atoms with Crippen LogP contribution in [0.2, 0.25) is 0 Å². The van der Waals surface area contributed by atoms with Crippen LogP contribution in [0.4, 0.5) is 0 Å². The maximum Gasteiger partial charge on any atom is 0.220 e. The van der Waals surface area contributed by atoms with Gasteiger partial charge in [-0.1, -0.05) is 12.1 Å². The maximum absolute atomic E-state index is 11.9. The monoisotopic (exact) mass is 299 g/mol. The highest BCUT2D eigenvalue weighted by molar-refractivity contribution is 5.75. The van der Waals surface area contributed by atoms with Crippen LogP contribution < -0.4 is 14.8 Å². The Balaban J connectivity index is 1.88. The van der Waals surface area contributed by atoms with Crippen LogP contribution in [0.1, 0.15) is 24.8 Å². The van der Waals surface area contributed by atoms with E-state index in [4.69, 9.17) is 9.47 Å². The van der Waals surface area contributed by atoms with Gasteiger partial charge in [0, 0.05) is 13.0 Å². The van der Waals surface area contributed by atoms with Gasteiger partial charge in [0.05, 0.1) is 7.11 Å². The number of hydrogen-bond donors (Lipinski definition) is 1. The fourth-order valence-corrected chi connectivity index (χ4v) is 2.77. The van der Waals surface area contributed by atoms with E-state index in [0.29, 0.717) is 18.9 Å². The number of benzene rings is 1. The summed E-state index contributed by atoms with van der Waals surface area (Å²) in [5.41, 5.74) is 1.12. The lowest BCUT2D eigenvalue weighted by molar-refractivity contribution is -0.121. The largest absolute Gasteiger partial charge is 0.493 e. The van der Waals surface area contributed by atoms with Crippen LogP contribution in [0, 0.1) is 5.92 Å². The highest BCUT2D eigenvalue weighted by Crippen LogP contribution is 2.31. The van der Waals surface area contributed by atoms with Crippen LogP contribution >= 0.6 is 0 Å². The van der Waals surface area contributed by atoms with Gasteiger partial charge in [0.1, 0.15) is 5.76 Å². The number of ether oxygens (including phenoxy) is 2. The number of fused-ring (bicyclic) bond motifs is 6. The van der Waals surface area contributed by atoms with Gasteiger partial charge in [-0.05, 0) is 55.0 Å². The number of allylic oxidation sites excluding steroid dienone is 3. The first kappa shape index (κ1) is 14.7. The number of nitrogens with one attached hydrogen (secondary N) is 1. The van der Waals surface area contributed by atoms with E-state index >= 15 is 0 Å². The Morgan fingerprint density at radius 3 is 3.00 bits per heavy atom. The van der Waals surface area contributed by atoms with E-state index in [1.807, 2.05) is 24.3 Å². The van der Waals surface area contributed by atoms with Gasteiger partial charge < -0.3 is 14.8 Å². The first-order chi connectivity index (χ1) is 10.7. The van der Waals surface area contributed by atoms with Crippen LogP contribution in [0.5, 0.6) is 11.5 Å². The minimum Gasteiger partial charge on any atom is -0.493 e. The van der Waals surface area contributed by atoms with Crippen molar-refractivity contribution in [2.24, 2.45) is 5.92 Å². The maximum atomic E-state index is 11.9. The summed E-state index contributed by atoms with van der Waals surface area (Å²) in [6, 6.07) is 5.90. The minimum absolute atomic E-state index is 0.130. The van der Waals surface area contributed by atoms with Crippen LogP contribution in [0.25, 0.3) is 0 Å². The van der Waals surface area contributed by atoms with E-state index in [0.717, 1.165) is 42.1 Å². The third-order valence-electron chi connectivity index (χ3n) is 4.09. The van der Waals surface area contributed by atoms with Crippen molar-refractivity contribution in [2.75, 3.05) is 13.7 Å². The fourth-order valence-electron chi connectivity index (χ4n) is 2.77. The third kappa shape index (κ3) is 3.50. The molecule has 1 aliphatic carbocycles. The molecule has 4 rings (SSSR count). The van der Waals surface area contributed by atoms with Crippen molar-refractivity contribution in [3.8, 4) is 11.5 Å². The van der Waals surface area contributed by atoms with Gasteiger partial charge in [-0.25, -0.2) is 0 Å². The lowest BCUT2D eigenvalue weighted by Crippen LogP contribution is -2.26. The van der Waals surface area contributed by atoms with Gasteiger partial charge in [-0.3, -0.25) is 4.79 Å². The summed E-state index contributed by atoms with van der Waals surface area (Å²) in [5, 5.41) is 2.98. The molecule has 1 aromatic carbocycles. The predicted octanol–water partition coefficient (Wildman–Crippen LogP) is 2.99. The van der Waals surface area contributed by atoms with Crippen LogP contribution in [-0.2, 0) is 11.2 Å². The molecule has 0 radical (unpaired) electrons. The first-order valence-corrected chi connectivity index (χ1v) is 7.74. The summed E-state index contributed by atoms with van der Waals surface area (Å²) in [7, 11) is 1.64. The molecular formula is C18H21NO3. The van der Waals surface area contributed by atoms with Crippen LogP contribution in [0.3, 0.4) is 0 Å². The number of methoxy groups -OCH3 is 1. The average molecular weight is 299 g/mol. The van der Waals surface area contributed by atoms with Crippen molar-refractivity contribution in [1.82, 2.24) is 5.32 Å². The van der Waals surface area contributed by atoms with Gasteiger partial charge in [-0.15, -0.1) is 0 Å². The summed E-state index contributed by atoms with van der Waals surface area (Å²) < 4.78 is 11.4. The molecule has 1 atom stereocenters. The Bertz CT molecular complexity index is 619. The molecule has 1 unspecified atom stereocenters. The van der Waals surface area contributed by atoms with Gasteiger partial charge in [0.15, 0.2) is 11.5 Å². The molecule has 22 heavy (non-hydrogen) atoms. The molecule has 0 saturated carbocycles. The molecular weight excluding hydrogens is 278 g/mol. The highest BCUT2D eigenvalue weighted by Gasteiger charge is 2.15. The lowest BCUT2D eigenvalue weighted by Gasteiger charge is -2.19. The Morgan fingerprint density at radius 1 is 1.32 bits per heavy atom. The Kier molecular flexibility index (Phi) is 4.47. The molecule has 2 aliphatic heterocycles. The van der Waals surface area contributed by atoms with E-state index in [1.165, 1.54) is 0 Å². The second-order valence-corrected chi connectivity index (χ2v) is 5.69. The number of hydrogen-bond acceptors (Lipinski definition) is 3. The molecule has 0 aromatic heterocycles. The summed E-state index contributed by atoms with van der Waals surface area (Å²) in [5.74, 6) is 2.82. The van der Waals surface area contributed by atoms with Crippen molar-refractivity contribution >= 4 is 5.91 Å². The third-order valence-corrected chi connectivity index (χ3v) is 4.09. The molecule has 0 fully saturated rings. The van der Waals surface area contributed by atoms with Crippen molar-refractivity contribution in [3.63, 3.8) is 0 Å². The van der Waals surface area contributed by atoms with Gasteiger partial charge in [0.25, 0.3) is 0 Å². The Morgan fingerprint density at radius 2 is 2.23 bits per heavy atom. The number of carbonyl (C=O) groups is 1. The second kappa shape index (κ2) is 6.69. The van der Waals surface area contributed by atoms with Crippen LogP contribution in [0.15, 0.2) is 42.2 Å². The molecule has 1 N–H and O–H groups in total. The van der Waals surface area contributed by atoms with Crippen molar-refractivity contribution in [3.05, 3.63) is 47.7 Å². The van der Waals surface area contributed by atoms with E-state index in [-0.39, 0.29) is 5.91 Å². The highest BCUT2D eigenvalue weighted by atomic mass is 16.5. The molecule has 1 aromatic rings. The number of carbonyl (C=O) groups excluding carboxylic acids is 1. The first-order valence-electron chi connectivity index (χ1n) is 7.74. The Hall–Kier alpha value is -2.23. The predicted molar refractivity (Wildman–Crippen MR) is 84.9 cm³/mol. The molecule has 4 bridgehead atoms. The lowest BCUT2D eigenvalue weighted by atomic mass is 9.95. The summed E-state index contributed by atoms with van der Waals surface area (Å²) in [4.78, 5) is 11.9. The van der Waals surface area contributed by atoms with E-state index in [9.17, 15) is 4.79 Å². The van der Waals surface area contributed by atoms with E-state index in [2.05, 4.69) is 17.5 Å². The number of amides is 1.